The second-order valence-corrected chi connectivity index (χ2v) is 7.76. The molecule has 1 amide bonds. The summed E-state index contributed by atoms with van der Waals surface area (Å²) in [6.45, 7) is 6.26. The van der Waals surface area contributed by atoms with Crippen molar-refractivity contribution >= 4 is 11.6 Å². The maximum absolute atomic E-state index is 12.9. The second-order valence-electron chi connectivity index (χ2n) is 7.76. The maximum atomic E-state index is 12.9. The number of benzene rings is 1. The molecule has 1 fully saturated rings. The highest BCUT2D eigenvalue weighted by Crippen LogP contribution is 2.34. The summed E-state index contributed by atoms with van der Waals surface area (Å²) < 4.78 is 5.22. The first-order chi connectivity index (χ1) is 12.9. The molecule has 0 bridgehead atoms. The number of hydrogen-bond acceptors (Lipinski definition) is 5. The highest BCUT2D eigenvalue weighted by atomic mass is 16.5. The Bertz CT molecular complexity index is 791. The van der Waals surface area contributed by atoms with Crippen LogP contribution in [0.5, 0.6) is 0 Å². The highest BCUT2D eigenvalue weighted by Gasteiger charge is 2.38. The molecule has 1 saturated carbocycles. The van der Waals surface area contributed by atoms with E-state index < -0.39 is 5.54 Å². The number of nitrogens with zero attached hydrogens (tertiary/aromatic N) is 3. The van der Waals surface area contributed by atoms with Gasteiger partial charge < -0.3 is 14.7 Å². The topological polar surface area (TPSA) is 71.3 Å². The molecule has 0 spiro atoms. The summed E-state index contributed by atoms with van der Waals surface area (Å²) in [7, 11) is 1.96. The molecular formula is C21H30N4O2. The molecule has 1 aliphatic carbocycles. The zero-order chi connectivity index (χ0) is 19.4. The molecule has 1 aliphatic rings. The van der Waals surface area contributed by atoms with Crippen LogP contribution in [0, 0.1) is 20.8 Å². The molecule has 0 saturated heterocycles. The second kappa shape index (κ2) is 8.11. The highest BCUT2D eigenvalue weighted by molar-refractivity contribution is 5.82. The average Bonchev–Trinajstić information content (AvgIpc) is 2.93. The maximum Gasteiger partial charge on any atom is 0.240 e. The molecule has 146 valence electrons. The number of rotatable bonds is 5. The minimum Gasteiger partial charge on any atom is -0.365 e. The van der Waals surface area contributed by atoms with Crippen LogP contribution in [0.4, 0.5) is 5.69 Å². The summed E-state index contributed by atoms with van der Waals surface area (Å²) in [5.41, 5.74) is 2.98. The third kappa shape index (κ3) is 4.31. The van der Waals surface area contributed by atoms with E-state index in [0.29, 0.717) is 18.3 Å². The smallest absolute Gasteiger partial charge is 0.240 e. The molecule has 1 aromatic heterocycles. The number of aromatic nitrogens is 2. The lowest BCUT2D eigenvalue weighted by Gasteiger charge is -2.32. The number of likely N-dealkylation sites (N-methyl/N-ethyl adjacent to an activating group) is 1. The van der Waals surface area contributed by atoms with Crippen molar-refractivity contribution in [2.24, 2.45) is 0 Å². The summed E-state index contributed by atoms with van der Waals surface area (Å²) >= 11 is 0. The van der Waals surface area contributed by atoms with Gasteiger partial charge in [0.1, 0.15) is 5.54 Å². The Hall–Kier alpha value is -2.37. The summed E-state index contributed by atoms with van der Waals surface area (Å²) in [5.74, 6) is 1.14. The van der Waals surface area contributed by atoms with Crippen LogP contribution in [0.3, 0.4) is 0 Å². The molecule has 6 heteroatoms. The molecule has 1 aromatic carbocycles. The normalized spacial score (nSPS) is 16.6. The Labute approximate surface area is 161 Å². The first-order valence-electron chi connectivity index (χ1n) is 9.80. The van der Waals surface area contributed by atoms with E-state index in [1.165, 1.54) is 24.0 Å². The standard InChI is InChI=1S/C21H30N4O2/c1-15-10-9-11-18(16(15)2)25(4)14-19(26)23-21(12-7-5-6-8-13-21)20-22-17(3)27-24-20/h9-11H,5-8,12-14H2,1-4H3,(H,23,26). The fourth-order valence-corrected chi connectivity index (χ4v) is 3.99. The van der Waals surface area contributed by atoms with Gasteiger partial charge in [-0.05, 0) is 43.9 Å². The van der Waals surface area contributed by atoms with Gasteiger partial charge in [0.25, 0.3) is 0 Å². The van der Waals surface area contributed by atoms with Crippen LogP contribution in [0.25, 0.3) is 0 Å². The van der Waals surface area contributed by atoms with Gasteiger partial charge in [0.2, 0.25) is 11.8 Å². The lowest BCUT2D eigenvalue weighted by Crippen LogP contribution is -2.49. The molecule has 1 heterocycles. The third-order valence-corrected chi connectivity index (χ3v) is 5.66. The van der Waals surface area contributed by atoms with E-state index in [2.05, 4.69) is 41.4 Å². The van der Waals surface area contributed by atoms with Crippen molar-refractivity contribution in [3.8, 4) is 0 Å². The largest absolute Gasteiger partial charge is 0.365 e. The monoisotopic (exact) mass is 370 g/mol. The van der Waals surface area contributed by atoms with Crippen molar-refractivity contribution in [2.75, 3.05) is 18.5 Å². The van der Waals surface area contributed by atoms with E-state index in [4.69, 9.17) is 4.52 Å². The van der Waals surface area contributed by atoms with E-state index in [1.54, 1.807) is 6.92 Å². The number of aryl methyl sites for hydroxylation is 2. The minimum absolute atomic E-state index is 0.0113. The van der Waals surface area contributed by atoms with Crippen LogP contribution in [-0.4, -0.2) is 29.6 Å². The van der Waals surface area contributed by atoms with Crippen LogP contribution in [-0.2, 0) is 10.3 Å². The quantitative estimate of drug-likeness (QED) is 0.811. The number of amides is 1. The zero-order valence-corrected chi connectivity index (χ0v) is 16.8. The Kier molecular flexibility index (Phi) is 5.82. The summed E-state index contributed by atoms with van der Waals surface area (Å²) in [5, 5.41) is 7.43. The van der Waals surface area contributed by atoms with Crippen molar-refractivity contribution in [3.05, 3.63) is 41.0 Å². The number of anilines is 1. The number of carbonyl (C=O) groups excluding carboxylic acids is 1. The number of hydrogen-bond donors (Lipinski definition) is 1. The first-order valence-corrected chi connectivity index (χ1v) is 9.80. The predicted molar refractivity (Wildman–Crippen MR) is 106 cm³/mol. The van der Waals surface area contributed by atoms with Crippen molar-refractivity contribution in [1.82, 2.24) is 15.5 Å². The first kappa shape index (κ1) is 19.4. The lowest BCUT2D eigenvalue weighted by atomic mass is 9.89. The minimum atomic E-state index is -0.520. The van der Waals surface area contributed by atoms with Gasteiger partial charge in [-0.25, -0.2) is 0 Å². The third-order valence-electron chi connectivity index (χ3n) is 5.66. The van der Waals surface area contributed by atoms with Gasteiger partial charge >= 0.3 is 0 Å². The molecule has 1 N–H and O–H groups in total. The van der Waals surface area contributed by atoms with Gasteiger partial charge in [-0.2, -0.15) is 4.98 Å². The molecule has 2 aromatic rings. The van der Waals surface area contributed by atoms with E-state index in [9.17, 15) is 4.79 Å². The van der Waals surface area contributed by atoms with Gasteiger partial charge in [0.05, 0.1) is 6.54 Å². The predicted octanol–water partition coefficient (Wildman–Crippen LogP) is 3.80. The lowest BCUT2D eigenvalue weighted by molar-refractivity contribution is -0.122. The SMILES string of the molecule is Cc1nc(C2(NC(=O)CN(C)c3cccc(C)c3C)CCCCCC2)no1. The van der Waals surface area contributed by atoms with E-state index in [1.807, 2.05) is 18.0 Å². The fraction of sp³-hybridized carbons (Fsp3) is 0.571. The molecule has 0 radical (unpaired) electrons. The van der Waals surface area contributed by atoms with E-state index in [0.717, 1.165) is 31.4 Å². The summed E-state index contributed by atoms with van der Waals surface area (Å²) in [6.07, 6.45) is 6.17. The molecule has 3 rings (SSSR count). The van der Waals surface area contributed by atoms with Gasteiger partial charge in [-0.1, -0.05) is 43.0 Å². The Morgan fingerprint density at radius 1 is 1.19 bits per heavy atom. The number of carbonyl (C=O) groups is 1. The molecule has 0 atom stereocenters. The van der Waals surface area contributed by atoms with Crippen molar-refractivity contribution in [1.29, 1.82) is 0 Å². The van der Waals surface area contributed by atoms with Crippen LogP contribution >= 0.6 is 0 Å². The molecule has 0 aliphatic heterocycles. The molecular weight excluding hydrogens is 340 g/mol. The zero-order valence-electron chi connectivity index (χ0n) is 16.8. The Morgan fingerprint density at radius 2 is 1.89 bits per heavy atom. The Morgan fingerprint density at radius 3 is 2.52 bits per heavy atom. The van der Waals surface area contributed by atoms with Crippen LogP contribution in [0.15, 0.2) is 22.7 Å². The summed E-state index contributed by atoms with van der Waals surface area (Å²) in [6, 6.07) is 6.17. The van der Waals surface area contributed by atoms with Crippen LogP contribution in [0.2, 0.25) is 0 Å². The van der Waals surface area contributed by atoms with Gasteiger partial charge in [-0.3, -0.25) is 4.79 Å². The molecule has 0 unspecified atom stereocenters. The van der Waals surface area contributed by atoms with Gasteiger partial charge in [0, 0.05) is 19.7 Å². The van der Waals surface area contributed by atoms with Crippen LogP contribution < -0.4 is 10.2 Å². The number of nitrogens with one attached hydrogen (secondary N) is 1. The fourth-order valence-electron chi connectivity index (χ4n) is 3.99. The average molecular weight is 370 g/mol. The van der Waals surface area contributed by atoms with E-state index >= 15 is 0 Å². The Balaban J connectivity index is 1.77. The molecule has 27 heavy (non-hydrogen) atoms. The van der Waals surface area contributed by atoms with Crippen LogP contribution in [0.1, 0.15) is 61.4 Å². The van der Waals surface area contributed by atoms with Gasteiger partial charge in [0.15, 0.2) is 5.82 Å². The summed E-state index contributed by atoms with van der Waals surface area (Å²) in [4.78, 5) is 19.4. The van der Waals surface area contributed by atoms with Crippen molar-refractivity contribution in [3.63, 3.8) is 0 Å². The van der Waals surface area contributed by atoms with Crippen molar-refractivity contribution < 1.29 is 9.32 Å². The molecule has 6 nitrogen and oxygen atoms in total. The van der Waals surface area contributed by atoms with E-state index in [-0.39, 0.29) is 5.91 Å². The van der Waals surface area contributed by atoms with Gasteiger partial charge in [-0.15, -0.1) is 0 Å². The van der Waals surface area contributed by atoms with Crippen molar-refractivity contribution in [2.45, 2.75) is 64.8 Å².